The lowest BCUT2D eigenvalue weighted by Crippen LogP contribution is -2.11. The first-order valence-electron chi connectivity index (χ1n) is 6.24. The van der Waals surface area contributed by atoms with Crippen molar-refractivity contribution in [3.63, 3.8) is 0 Å². The Balaban J connectivity index is 1.97. The average Bonchev–Trinajstić information content (AvgIpc) is 2.85. The smallest absolute Gasteiger partial charge is 0.173 e. The Kier molecular flexibility index (Phi) is 4.89. The molecule has 1 aromatic carbocycles. The summed E-state index contributed by atoms with van der Waals surface area (Å²) in [5.74, 6) is 0.498. The molecule has 106 valence electrons. The topological polar surface area (TPSA) is 30.0 Å². The first-order chi connectivity index (χ1) is 9.36. The molecular weight excluding hydrogens is 310 g/mol. The monoisotopic (exact) mass is 325 g/mol. The number of benzene rings is 1. The van der Waals surface area contributed by atoms with Gasteiger partial charge in [-0.2, -0.15) is 0 Å². The standard InChI is InChI=1S/C15H16ClNOS2/c1-15(2,3)13-9-20-14(17-13)19-8-12(18)10-4-6-11(16)7-5-10/h4-7,9H,8H2,1-3H3. The van der Waals surface area contributed by atoms with E-state index in [1.807, 2.05) is 0 Å². The number of thioether (sulfide) groups is 1. The second-order valence-electron chi connectivity index (χ2n) is 5.47. The van der Waals surface area contributed by atoms with Crippen LogP contribution in [0.5, 0.6) is 0 Å². The van der Waals surface area contributed by atoms with E-state index in [0.717, 1.165) is 10.0 Å². The van der Waals surface area contributed by atoms with Crippen LogP contribution < -0.4 is 0 Å². The lowest BCUT2D eigenvalue weighted by atomic mass is 9.93. The third-order valence-electron chi connectivity index (χ3n) is 2.74. The van der Waals surface area contributed by atoms with Crippen LogP contribution in [0.1, 0.15) is 36.8 Å². The Morgan fingerprint density at radius 2 is 1.95 bits per heavy atom. The predicted octanol–water partition coefficient (Wildman–Crippen LogP) is 5.07. The van der Waals surface area contributed by atoms with Crippen molar-refractivity contribution in [3.05, 3.63) is 45.9 Å². The van der Waals surface area contributed by atoms with Gasteiger partial charge in [-0.05, 0) is 24.3 Å². The lowest BCUT2D eigenvalue weighted by molar-refractivity contribution is 0.102. The van der Waals surface area contributed by atoms with Gasteiger partial charge in [0.15, 0.2) is 10.1 Å². The average molecular weight is 326 g/mol. The van der Waals surface area contributed by atoms with Gasteiger partial charge in [0.2, 0.25) is 0 Å². The molecule has 1 heterocycles. The molecule has 0 aliphatic heterocycles. The molecule has 5 heteroatoms. The number of hydrogen-bond acceptors (Lipinski definition) is 4. The van der Waals surface area contributed by atoms with Gasteiger partial charge in [-0.3, -0.25) is 4.79 Å². The van der Waals surface area contributed by atoms with Crippen molar-refractivity contribution in [3.8, 4) is 0 Å². The molecule has 2 aromatic rings. The predicted molar refractivity (Wildman–Crippen MR) is 87.3 cm³/mol. The normalized spacial score (nSPS) is 11.6. The number of aromatic nitrogens is 1. The zero-order valence-corrected chi connectivity index (χ0v) is 14.0. The van der Waals surface area contributed by atoms with Crippen LogP contribution in [0.25, 0.3) is 0 Å². The molecule has 0 amide bonds. The molecule has 0 saturated heterocycles. The maximum absolute atomic E-state index is 12.0. The second-order valence-corrected chi connectivity index (χ2v) is 7.98. The van der Waals surface area contributed by atoms with E-state index in [-0.39, 0.29) is 11.2 Å². The molecular formula is C15H16ClNOS2. The number of thiazole rings is 1. The Hall–Kier alpha value is -0.840. The summed E-state index contributed by atoms with van der Waals surface area (Å²) in [5, 5.41) is 2.71. The number of nitrogens with zero attached hydrogens (tertiary/aromatic N) is 1. The fourth-order valence-electron chi connectivity index (χ4n) is 1.51. The third-order valence-corrected chi connectivity index (χ3v) is 5.02. The molecule has 0 atom stereocenters. The summed E-state index contributed by atoms with van der Waals surface area (Å²) in [6.07, 6.45) is 0. The van der Waals surface area contributed by atoms with Gasteiger partial charge < -0.3 is 0 Å². The largest absolute Gasteiger partial charge is 0.293 e. The molecule has 0 saturated carbocycles. The van der Waals surface area contributed by atoms with Gasteiger partial charge in [0.05, 0.1) is 11.4 Å². The van der Waals surface area contributed by atoms with Crippen LogP contribution in [-0.4, -0.2) is 16.5 Å². The number of carbonyl (C=O) groups is 1. The lowest BCUT2D eigenvalue weighted by Gasteiger charge is -2.14. The molecule has 0 spiro atoms. The molecule has 0 radical (unpaired) electrons. The molecule has 1 aromatic heterocycles. The molecule has 0 bridgehead atoms. The quantitative estimate of drug-likeness (QED) is 0.580. The van der Waals surface area contributed by atoms with Crippen molar-refractivity contribution in [2.75, 3.05) is 5.75 Å². The summed E-state index contributed by atoms with van der Waals surface area (Å²) in [6, 6.07) is 6.99. The molecule has 0 unspecified atom stereocenters. The maximum atomic E-state index is 12.0. The minimum absolute atomic E-state index is 0.0511. The highest BCUT2D eigenvalue weighted by atomic mass is 35.5. The van der Waals surface area contributed by atoms with E-state index in [4.69, 9.17) is 11.6 Å². The molecule has 2 nitrogen and oxygen atoms in total. The van der Waals surface area contributed by atoms with Crippen LogP contribution in [0.15, 0.2) is 34.0 Å². The van der Waals surface area contributed by atoms with Gasteiger partial charge in [-0.25, -0.2) is 4.98 Å². The summed E-state index contributed by atoms with van der Waals surface area (Å²) < 4.78 is 0.942. The molecule has 0 aliphatic rings. The number of halogens is 1. The van der Waals surface area contributed by atoms with E-state index in [2.05, 4.69) is 31.1 Å². The molecule has 0 aliphatic carbocycles. The van der Waals surface area contributed by atoms with Crippen molar-refractivity contribution in [2.24, 2.45) is 0 Å². The van der Waals surface area contributed by atoms with E-state index in [1.54, 1.807) is 35.6 Å². The maximum Gasteiger partial charge on any atom is 0.173 e. The van der Waals surface area contributed by atoms with Gasteiger partial charge in [0, 0.05) is 21.4 Å². The summed E-state index contributed by atoms with van der Waals surface area (Å²) >= 11 is 8.89. The SMILES string of the molecule is CC(C)(C)c1csc(SCC(=O)c2ccc(Cl)cc2)n1. The van der Waals surface area contributed by atoms with Crippen molar-refractivity contribution < 1.29 is 4.79 Å². The first kappa shape index (κ1) is 15.5. The van der Waals surface area contributed by atoms with Crippen molar-refractivity contribution >= 4 is 40.5 Å². The number of Topliss-reactive ketones (excluding diaryl/α,β-unsaturated/α-hetero) is 1. The van der Waals surface area contributed by atoms with Crippen LogP contribution in [0.3, 0.4) is 0 Å². The fourth-order valence-corrected chi connectivity index (χ4v) is 3.59. The van der Waals surface area contributed by atoms with E-state index in [1.165, 1.54) is 11.8 Å². The van der Waals surface area contributed by atoms with E-state index < -0.39 is 0 Å². The summed E-state index contributed by atoms with van der Waals surface area (Å²) in [5.41, 5.74) is 1.81. The van der Waals surface area contributed by atoms with Crippen LogP contribution in [0, 0.1) is 0 Å². The van der Waals surface area contributed by atoms with Gasteiger partial charge in [0.1, 0.15) is 0 Å². The van der Waals surface area contributed by atoms with Crippen molar-refractivity contribution in [1.82, 2.24) is 4.98 Å². The Morgan fingerprint density at radius 3 is 2.50 bits per heavy atom. The highest BCUT2D eigenvalue weighted by Gasteiger charge is 2.18. The highest BCUT2D eigenvalue weighted by molar-refractivity contribution is 8.01. The molecule has 20 heavy (non-hydrogen) atoms. The summed E-state index contributed by atoms with van der Waals surface area (Å²) in [7, 11) is 0. The Morgan fingerprint density at radius 1 is 1.30 bits per heavy atom. The fraction of sp³-hybridized carbons (Fsp3) is 0.333. The van der Waals surface area contributed by atoms with E-state index in [0.29, 0.717) is 16.3 Å². The van der Waals surface area contributed by atoms with Crippen LogP contribution >= 0.6 is 34.7 Å². The minimum atomic E-state index is 0.0511. The van der Waals surface area contributed by atoms with Crippen LogP contribution in [0.4, 0.5) is 0 Å². The van der Waals surface area contributed by atoms with Gasteiger partial charge in [-0.1, -0.05) is 44.1 Å². The third kappa shape index (κ3) is 4.08. The Labute approximate surface area is 132 Å². The van der Waals surface area contributed by atoms with Gasteiger partial charge in [0.25, 0.3) is 0 Å². The Bertz CT molecular complexity index is 599. The molecule has 0 fully saturated rings. The molecule has 0 N–H and O–H groups in total. The summed E-state index contributed by atoms with van der Waals surface area (Å²) in [4.78, 5) is 16.6. The van der Waals surface area contributed by atoms with Crippen molar-refractivity contribution in [1.29, 1.82) is 0 Å². The van der Waals surface area contributed by atoms with E-state index in [9.17, 15) is 4.79 Å². The first-order valence-corrected chi connectivity index (χ1v) is 8.48. The molecule has 2 rings (SSSR count). The van der Waals surface area contributed by atoms with Gasteiger partial charge in [-0.15, -0.1) is 11.3 Å². The zero-order valence-electron chi connectivity index (χ0n) is 11.6. The van der Waals surface area contributed by atoms with Crippen LogP contribution in [-0.2, 0) is 5.41 Å². The number of carbonyl (C=O) groups excluding carboxylic acids is 1. The van der Waals surface area contributed by atoms with E-state index >= 15 is 0 Å². The number of hydrogen-bond donors (Lipinski definition) is 0. The minimum Gasteiger partial charge on any atom is -0.293 e. The zero-order chi connectivity index (χ0) is 14.8. The number of rotatable bonds is 4. The highest BCUT2D eigenvalue weighted by Crippen LogP contribution is 2.29. The number of ketones is 1. The van der Waals surface area contributed by atoms with Crippen LogP contribution in [0.2, 0.25) is 5.02 Å². The summed E-state index contributed by atoms with van der Waals surface area (Å²) in [6.45, 7) is 6.40. The second kappa shape index (κ2) is 6.29. The van der Waals surface area contributed by atoms with Gasteiger partial charge >= 0.3 is 0 Å². The van der Waals surface area contributed by atoms with Crippen molar-refractivity contribution in [2.45, 2.75) is 30.5 Å².